The minimum Gasteiger partial charge on any atom is -0.493 e. The number of allylic oxidation sites excluding steroid dienone is 1. The van der Waals surface area contributed by atoms with Crippen molar-refractivity contribution in [2.24, 2.45) is 11.1 Å². The quantitative estimate of drug-likeness (QED) is 0.0692. The van der Waals surface area contributed by atoms with Crippen molar-refractivity contribution >= 4 is 17.7 Å². The van der Waals surface area contributed by atoms with E-state index >= 15 is 0 Å². The number of esters is 1. The summed E-state index contributed by atoms with van der Waals surface area (Å²) in [6.45, 7) is 14.7. The summed E-state index contributed by atoms with van der Waals surface area (Å²) in [5.41, 5.74) is 8.99. The van der Waals surface area contributed by atoms with Crippen LogP contribution in [0.25, 0.3) is 0 Å². The van der Waals surface area contributed by atoms with Gasteiger partial charge >= 0.3 is 5.97 Å². The van der Waals surface area contributed by atoms with Crippen LogP contribution in [-0.2, 0) is 38.3 Å². The molecule has 3 N–H and O–H groups in total. The van der Waals surface area contributed by atoms with E-state index in [-0.39, 0.29) is 29.5 Å². The molecule has 0 spiro atoms. The predicted molar refractivity (Wildman–Crippen MR) is 200 cm³/mol. The molecule has 282 valence electrons. The van der Waals surface area contributed by atoms with Crippen LogP contribution in [0.1, 0.15) is 106 Å². The summed E-state index contributed by atoms with van der Waals surface area (Å²) >= 11 is 0. The van der Waals surface area contributed by atoms with Gasteiger partial charge in [0.15, 0.2) is 5.78 Å². The first-order valence-electron chi connectivity index (χ1n) is 18.4. The van der Waals surface area contributed by atoms with Gasteiger partial charge in [0, 0.05) is 47.9 Å². The number of carbonyl (C=O) groups is 3. The molecule has 1 amide bonds. The largest absolute Gasteiger partial charge is 0.493 e. The number of hydrogen-bond donors (Lipinski definition) is 2. The van der Waals surface area contributed by atoms with E-state index in [9.17, 15) is 14.4 Å². The number of ether oxygens (including phenoxy) is 5. The molecule has 0 bridgehead atoms. The van der Waals surface area contributed by atoms with Crippen LogP contribution in [0, 0.1) is 5.41 Å². The van der Waals surface area contributed by atoms with Gasteiger partial charge in [-0.05, 0) is 102 Å². The average Bonchev–Trinajstić information content (AvgIpc) is 3.11. The zero-order valence-electron chi connectivity index (χ0n) is 31.5. The number of benzene rings is 2. The second-order valence-electron chi connectivity index (χ2n) is 14.5. The molecule has 2 aromatic carbocycles. The minimum absolute atomic E-state index is 0.0712. The molecule has 0 heterocycles. The summed E-state index contributed by atoms with van der Waals surface area (Å²) in [4.78, 5) is 36.9. The molecule has 0 unspecified atom stereocenters. The summed E-state index contributed by atoms with van der Waals surface area (Å²) in [6.07, 6.45) is 8.95. The van der Waals surface area contributed by atoms with Gasteiger partial charge in [-0.25, -0.2) is 0 Å². The molecule has 1 aliphatic carbocycles. The van der Waals surface area contributed by atoms with Crippen molar-refractivity contribution in [1.29, 1.82) is 0 Å². The molecular weight excluding hydrogens is 648 g/mol. The molecule has 3 rings (SSSR count). The van der Waals surface area contributed by atoms with E-state index in [0.717, 1.165) is 60.1 Å². The van der Waals surface area contributed by atoms with E-state index in [1.807, 2.05) is 64.1 Å². The van der Waals surface area contributed by atoms with Gasteiger partial charge < -0.3 is 34.7 Å². The fraction of sp³-hybridized carbons (Fsp3) is 0.585. The SMILES string of the molecule is C=CCc1c(OCCCCCOc2cccc(OCCCC(=O)NCC(C)(C)OCC(C)(C)CN)c2CCC(=O)OC)ccc2c1CCCC2=O. The highest BCUT2D eigenvalue weighted by Gasteiger charge is 2.25. The monoisotopic (exact) mass is 708 g/mol. The van der Waals surface area contributed by atoms with Crippen LogP contribution < -0.4 is 25.3 Å². The molecule has 0 aliphatic heterocycles. The lowest BCUT2D eigenvalue weighted by molar-refractivity contribution is -0.140. The fourth-order valence-corrected chi connectivity index (χ4v) is 5.73. The Morgan fingerprint density at radius 2 is 1.53 bits per heavy atom. The molecule has 10 heteroatoms. The number of unbranched alkanes of at least 4 members (excludes halogenated alkanes) is 2. The third kappa shape index (κ3) is 14.0. The molecule has 51 heavy (non-hydrogen) atoms. The molecule has 1 aliphatic rings. The molecule has 0 saturated carbocycles. The van der Waals surface area contributed by atoms with Gasteiger partial charge in [0.05, 0.1) is 39.1 Å². The number of amides is 1. The summed E-state index contributed by atoms with van der Waals surface area (Å²) < 4.78 is 29.4. The van der Waals surface area contributed by atoms with Gasteiger partial charge in [-0.1, -0.05) is 26.0 Å². The zero-order valence-corrected chi connectivity index (χ0v) is 31.5. The predicted octanol–water partition coefficient (Wildman–Crippen LogP) is 6.72. The number of methoxy groups -OCH3 is 1. The molecule has 0 atom stereocenters. The van der Waals surface area contributed by atoms with Crippen molar-refractivity contribution in [2.45, 2.75) is 104 Å². The molecule has 0 fully saturated rings. The Morgan fingerprint density at radius 1 is 0.882 bits per heavy atom. The molecular formula is C41H60N2O8. The first-order valence-corrected chi connectivity index (χ1v) is 18.4. The van der Waals surface area contributed by atoms with Gasteiger partial charge in [-0.3, -0.25) is 14.4 Å². The summed E-state index contributed by atoms with van der Waals surface area (Å²) in [5.74, 6) is 1.96. The maximum absolute atomic E-state index is 12.5. The van der Waals surface area contributed by atoms with Gasteiger partial charge in [-0.2, -0.15) is 0 Å². The van der Waals surface area contributed by atoms with Crippen molar-refractivity contribution in [3.63, 3.8) is 0 Å². The number of nitrogens with two attached hydrogens (primary N) is 1. The lowest BCUT2D eigenvalue weighted by Crippen LogP contribution is -2.43. The Balaban J connectivity index is 1.46. The maximum Gasteiger partial charge on any atom is 0.305 e. The lowest BCUT2D eigenvalue weighted by atomic mass is 9.86. The third-order valence-corrected chi connectivity index (χ3v) is 8.99. The Kier molecular flexibility index (Phi) is 17.0. The number of Topliss-reactive ketones (excluding diaryl/α,β-unsaturated/α-hetero) is 1. The van der Waals surface area contributed by atoms with E-state index in [1.54, 1.807) is 0 Å². The van der Waals surface area contributed by atoms with Crippen molar-refractivity contribution in [3.05, 3.63) is 65.2 Å². The highest BCUT2D eigenvalue weighted by atomic mass is 16.5. The topological polar surface area (TPSA) is 135 Å². The summed E-state index contributed by atoms with van der Waals surface area (Å²) in [5, 5.41) is 2.96. The number of fused-ring (bicyclic) bond motifs is 1. The third-order valence-electron chi connectivity index (χ3n) is 8.99. The molecule has 10 nitrogen and oxygen atoms in total. The van der Waals surface area contributed by atoms with Crippen molar-refractivity contribution < 1.29 is 38.1 Å². The maximum atomic E-state index is 12.5. The number of nitrogens with one attached hydrogen (secondary N) is 1. The molecule has 0 saturated heterocycles. The number of carbonyl (C=O) groups excluding carboxylic acids is 3. The Hall–Kier alpha value is -3.89. The van der Waals surface area contributed by atoms with Crippen LogP contribution >= 0.6 is 0 Å². The average molecular weight is 709 g/mol. The Labute approximate surface area is 304 Å². The second kappa shape index (κ2) is 20.8. The Bertz CT molecular complexity index is 1450. The van der Waals surface area contributed by atoms with Crippen LogP contribution in [0.2, 0.25) is 0 Å². The lowest BCUT2D eigenvalue weighted by Gasteiger charge is -2.31. The first kappa shape index (κ1) is 41.5. The van der Waals surface area contributed by atoms with Crippen molar-refractivity contribution in [1.82, 2.24) is 5.32 Å². The van der Waals surface area contributed by atoms with Gasteiger partial charge in [0.25, 0.3) is 0 Å². The van der Waals surface area contributed by atoms with Gasteiger partial charge in [0.2, 0.25) is 5.91 Å². The van der Waals surface area contributed by atoms with Crippen molar-refractivity contribution in [2.75, 3.05) is 46.6 Å². The summed E-state index contributed by atoms with van der Waals surface area (Å²) in [6, 6.07) is 9.44. The van der Waals surface area contributed by atoms with E-state index in [0.29, 0.717) is 83.1 Å². The second-order valence-corrected chi connectivity index (χ2v) is 14.5. The zero-order chi connectivity index (χ0) is 37.3. The van der Waals surface area contributed by atoms with Gasteiger partial charge in [0.1, 0.15) is 17.2 Å². The highest BCUT2D eigenvalue weighted by molar-refractivity contribution is 5.99. The van der Waals surface area contributed by atoms with E-state index in [1.165, 1.54) is 7.11 Å². The fourth-order valence-electron chi connectivity index (χ4n) is 5.73. The van der Waals surface area contributed by atoms with Crippen LogP contribution in [0.15, 0.2) is 43.0 Å². The van der Waals surface area contributed by atoms with Gasteiger partial charge in [-0.15, -0.1) is 6.58 Å². The van der Waals surface area contributed by atoms with Crippen LogP contribution in [0.4, 0.5) is 0 Å². The number of rotatable bonds is 24. The Morgan fingerprint density at radius 3 is 2.16 bits per heavy atom. The molecule has 0 radical (unpaired) electrons. The normalized spacial score (nSPS) is 12.9. The first-order chi connectivity index (χ1) is 24.4. The van der Waals surface area contributed by atoms with Crippen molar-refractivity contribution in [3.8, 4) is 17.2 Å². The van der Waals surface area contributed by atoms with Crippen LogP contribution in [0.3, 0.4) is 0 Å². The van der Waals surface area contributed by atoms with E-state index in [4.69, 9.17) is 29.4 Å². The summed E-state index contributed by atoms with van der Waals surface area (Å²) in [7, 11) is 1.37. The number of hydrogen-bond acceptors (Lipinski definition) is 9. The highest BCUT2D eigenvalue weighted by Crippen LogP contribution is 2.33. The van der Waals surface area contributed by atoms with Crippen LogP contribution in [-0.4, -0.2) is 69.9 Å². The molecule has 2 aromatic rings. The number of ketones is 1. The van der Waals surface area contributed by atoms with Crippen LogP contribution in [0.5, 0.6) is 17.2 Å². The van der Waals surface area contributed by atoms with E-state index < -0.39 is 5.60 Å². The smallest absolute Gasteiger partial charge is 0.305 e. The standard InChI is InChI=1S/C41H60N2O8/c1-7-14-32-30-15-11-16-34(44)31(30)20-22-37(32)49-25-10-8-9-24-48-35-17-12-18-36(33(35)21-23-39(46)47-6)50-26-13-19-38(45)43-28-41(4,5)51-29-40(2,3)27-42/h7,12,17-18,20,22H,1,8-11,13-16,19,21,23-29,42H2,2-6H3,(H,43,45). The van der Waals surface area contributed by atoms with E-state index in [2.05, 4.69) is 11.9 Å². The minimum atomic E-state index is -0.512. The molecule has 0 aromatic heterocycles.